The highest BCUT2D eigenvalue weighted by molar-refractivity contribution is 7.90. The number of benzene rings is 3. The highest BCUT2D eigenvalue weighted by Crippen LogP contribution is 2.49. The van der Waals surface area contributed by atoms with Gasteiger partial charge in [0.1, 0.15) is 30.0 Å². The van der Waals surface area contributed by atoms with Crippen molar-refractivity contribution in [1.29, 1.82) is 0 Å². The molecule has 3 aromatic carbocycles. The molecule has 2 aliphatic rings. The van der Waals surface area contributed by atoms with Gasteiger partial charge in [0.25, 0.3) is 0 Å². The average Bonchev–Trinajstić information content (AvgIpc) is 2.86. The summed E-state index contributed by atoms with van der Waals surface area (Å²) in [5.41, 5.74) is 3.62. The lowest BCUT2D eigenvalue weighted by molar-refractivity contribution is 0.0668. The van der Waals surface area contributed by atoms with Crippen LogP contribution in [-0.4, -0.2) is 57.6 Å². The molecule has 1 fully saturated rings. The molecule has 0 radical (unpaired) electrons. The first-order chi connectivity index (χ1) is 18.2. The van der Waals surface area contributed by atoms with Gasteiger partial charge in [-0.1, -0.05) is 35.9 Å². The van der Waals surface area contributed by atoms with Crippen molar-refractivity contribution >= 4 is 32.6 Å². The third kappa shape index (κ3) is 5.25. The van der Waals surface area contributed by atoms with Gasteiger partial charge in [0, 0.05) is 48.5 Å². The van der Waals surface area contributed by atoms with Gasteiger partial charge >= 0.3 is 0 Å². The van der Waals surface area contributed by atoms with Crippen molar-refractivity contribution < 1.29 is 27.4 Å². The average molecular weight is 558 g/mol. The summed E-state index contributed by atoms with van der Waals surface area (Å²) in [6.45, 7) is 4.44. The highest BCUT2D eigenvalue weighted by Gasteiger charge is 2.32. The van der Waals surface area contributed by atoms with E-state index in [1.807, 2.05) is 31.2 Å². The molecule has 0 aromatic heterocycles. The van der Waals surface area contributed by atoms with Crippen molar-refractivity contribution in [2.75, 3.05) is 39.2 Å². The third-order valence-corrected chi connectivity index (χ3v) is 8.70. The number of halogens is 2. The van der Waals surface area contributed by atoms with E-state index in [0.717, 1.165) is 37.0 Å². The highest BCUT2D eigenvalue weighted by atomic mass is 35.5. The van der Waals surface area contributed by atoms with Crippen molar-refractivity contribution in [3.05, 3.63) is 82.4 Å². The minimum Gasteiger partial charge on any atom is -0.508 e. The Bertz CT molecular complexity index is 1480. The van der Waals surface area contributed by atoms with Crippen molar-refractivity contribution in [1.82, 2.24) is 4.90 Å². The van der Waals surface area contributed by atoms with Crippen molar-refractivity contribution in [3.63, 3.8) is 0 Å². The lowest BCUT2D eigenvalue weighted by Gasteiger charge is -2.37. The summed E-state index contributed by atoms with van der Waals surface area (Å²) in [5, 5.41) is 10.2. The van der Waals surface area contributed by atoms with E-state index in [2.05, 4.69) is 4.90 Å². The molecule has 2 heterocycles. The molecule has 38 heavy (non-hydrogen) atoms. The lowest BCUT2D eigenvalue weighted by Crippen LogP contribution is -2.49. The van der Waals surface area contributed by atoms with E-state index in [1.54, 1.807) is 30.3 Å². The molecule has 200 valence electrons. The summed E-state index contributed by atoms with van der Waals surface area (Å²) in [5.74, 6) is 1.55. The Hall–Kier alpha value is -3.07. The Morgan fingerprint density at radius 3 is 2.53 bits per heavy atom. The zero-order valence-electron chi connectivity index (χ0n) is 21.2. The number of ether oxygens (including phenoxy) is 2. The Morgan fingerprint density at radius 2 is 1.84 bits per heavy atom. The van der Waals surface area contributed by atoms with Crippen molar-refractivity contribution in [2.24, 2.45) is 5.92 Å². The number of hydrogen-bond donors (Lipinski definition) is 1. The van der Waals surface area contributed by atoms with Crippen LogP contribution >= 0.6 is 11.6 Å². The first-order valence-electron chi connectivity index (χ1n) is 12.4. The maximum atomic E-state index is 12.6. The van der Waals surface area contributed by atoms with Crippen LogP contribution in [-0.2, 0) is 9.84 Å². The van der Waals surface area contributed by atoms with Crippen LogP contribution in [0.4, 0.5) is 4.39 Å². The van der Waals surface area contributed by atoms with E-state index in [1.165, 1.54) is 6.07 Å². The second-order valence-electron chi connectivity index (χ2n) is 9.80. The smallest absolute Gasteiger partial charge is 0.177 e. The van der Waals surface area contributed by atoms with Crippen LogP contribution in [0.3, 0.4) is 0 Å². The van der Waals surface area contributed by atoms with Gasteiger partial charge in [0.05, 0.1) is 16.6 Å². The van der Waals surface area contributed by atoms with Gasteiger partial charge in [-0.05, 0) is 54.5 Å². The van der Waals surface area contributed by atoms with Crippen LogP contribution in [0.25, 0.3) is 11.1 Å². The number of phenolic OH excluding ortho intramolecular Hbond substituents is 1. The number of alkyl halides is 1. The summed E-state index contributed by atoms with van der Waals surface area (Å²) in [7, 11) is -3.56. The van der Waals surface area contributed by atoms with Gasteiger partial charge in [-0.25, -0.2) is 8.42 Å². The molecular formula is C29H29ClFNO5S. The summed E-state index contributed by atoms with van der Waals surface area (Å²) in [4.78, 5) is 2.21. The Kier molecular flexibility index (Phi) is 7.40. The molecule has 1 atom stereocenters. The Morgan fingerprint density at radius 1 is 1.11 bits per heavy atom. The predicted octanol–water partition coefficient (Wildman–Crippen LogP) is 5.79. The normalized spacial score (nSPS) is 18.1. The zero-order chi connectivity index (χ0) is 27.0. The van der Waals surface area contributed by atoms with Crippen LogP contribution in [0.2, 0.25) is 5.02 Å². The van der Waals surface area contributed by atoms with Gasteiger partial charge < -0.3 is 14.6 Å². The second kappa shape index (κ2) is 10.6. The maximum absolute atomic E-state index is 12.6. The first kappa shape index (κ1) is 26.5. The molecule has 0 saturated carbocycles. The van der Waals surface area contributed by atoms with Gasteiger partial charge in [0.2, 0.25) is 0 Å². The first-order valence-corrected chi connectivity index (χ1v) is 14.6. The van der Waals surface area contributed by atoms with Crippen molar-refractivity contribution in [2.45, 2.75) is 17.9 Å². The second-order valence-corrected chi connectivity index (χ2v) is 12.2. The van der Waals surface area contributed by atoms with Gasteiger partial charge in [0.15, 0.2) is 9.84 Å². The van der Waals surface area contributed by atoms with E-state index in [0.29, 0.717) is 34.8 Å². The van der Waals surface area contributed by atoms with Gasteiger partial charge in [-0.15, -0.1) is 0 Å². The monoisotopic (exact) mass is 557 g/mol. The quantitative estimate of drug-likeness (QED) is 0.378. The summed E-state index contributed by atoms with van der Waals surface area (Å²) >= 11 is 6.68. The standard InChI is InChI=1S/C29H29ClFNO5S/c1-18-24-14-21(33)8-11-25(24)37-29(27(18)23-4-3-5-26(28(23)30)38(2,34)35)20-6-9-22(10-7-20)36-13-12-32-16-19(15-31)17-32/h3-11,14,19,29,33H,12-13,15-17H2,1-2H3. The lowest BCUT2D eigenvalue weighted by atomic mass is 9.86. The number of phenols is 1. The van der Waals surface area contributed by atoms with Crippen LogP contribution in [0.1, 0.15) is 29.7 Å². The maximum Gasteiger partial charge on any atom is 0.177 e. The number of likely N-dealkylation sites (tertiary alicyclic amines) is 1. The molecule has 1 unspecified atom stereocenters. The molecule has 0 aliphatic carbocycles. The SMILES string of the molecule is CC1=C(c2cccc(S(C)(=O)=O)c2Cl)C(c2ccc(OCCN3CC(CF)C3)cc2)Oc2ccc(O)cc21. The van der Waals surface area contributed by atoms with E-state index >= 15 is 0 Å². The number of allylic oxidation sites excluding steroid dienone is 1. The van der Waals surface area contributed by atoms with Crippen LogP contribution in [0.15, 0.2) is 65.6 Å². The summed E-state index contributed by atoms with van der Waals surface area (Å²) in [6, 6.07) is 17.4. The molecule has 5 rings (SSSR count). The molecule has 0 spiro atoms. The van der Waals surface area contributed by atoms with Crippen LogP contribution < -0.4 is 9.47 Å². The summed E-state index contributed by atoms with van der Waals surface area (Å²) < 4.78 is 49.7. The van der Waals surface area contributed by atoms with Gasteiger partial charge in [-0.2, -0.15) is 0 Å². The largest absolute Gasteiger partial charge is 0.508 e. The Balaban J connectivity index is 1.46. The van der Waals surface area contributed by atoms with Gasteiger partial charge in [-0.3, -0.25) is 9.29 Å². The molecule has 6 nitrogen and oxygen atoms in total. The van der Waals surface area contributed by atoms with E-state index < -0.39 is 15.9 Å². The van der Waals surface area contributed by atoms with Crippen LogP contribution in [0.5, 0.6) is 17.2 Å². The number of sulfone groups is 1. The van der Waals surface area contributed by atoms with Crippen LogP contribution in [0, 0.1) is 5.92 Å². The molecular weight excluding hydrogens is 529 g/mol. The predicted molar refractivity (Wildman–Crippen MR) is 146 cm³/mol. The third-order valence-electron chi connectivity index (χ3n) is 7.04. The number of hydrogen-bond acceptors (Lipinski definition) is 6. The molecule has 0 amide bonds. The minimum atomic E-state index is -3.56. The topological polar surface area (TPSA) is 76.1 Å². The zero-order valence-corrected chi connectivity index (χ0v) is 22.7. The number of aromatic hydroxyl groups is 1. The van der Waals surface area contributed by atoms with E-state index in [-0.39, 0.29) is 28.3 Å². The molecule has 2 aliphatic heterocycles. The fraction of sp³-hybridized carbons (Fsp3) is 0.310. The number of rotatable bonds is 8. The molecule has 1 N–H and O–H groups in total. The number of nitrogens with zero attached hydrogens (tertiary/aromatic N) is 1. The van der Waals surface area contributed by atoms with E-state index in [9.17, 15) is 17.9 Å². The molecule has 0 bridgehead atoms. The molecule has 9 heteroatoms. The van der Waals surface area contributed by atoms with E-state index in [4.69, 9.17) is 21.1 Å². The molecule has 1 saturated heterocycles. The minimum absolute atomic E-state index is 0.0428. The fourth-order valence-corrected chi connectivity index (χ4v) is 6.42. The summed E-state index contributed by atoms with van der Waals surface area (Å²) in [6.07, 6.45) is 0.550. The Labute approximate surface area is 227 Å². The molecule has 3 aromatic rings. The number of fused-ring (bicyclic) bond motifs is 1. The van der Waals surface area contributed by atoms with Crippen molar-refractivity contribution in [3.8, 4) is 17.2 Å². The fourth-order valence-electron chi connectivity index (χ4n) is 5.01.